The van der Waals surface area contributed by atoms with Gasteiger partial charge >= 0.3 is 0 Å². The van der Waals surface area contributed by atoms with Gasteiger partial charge in [0, 0.05) is 24.4 Å². The number of nitrogens with one attached hydrogen (secondary N) is 3. The number of pyridine rings is 1. The van der Waals surface area contributed by atoms with E-state index in [4.69, 9.17) is 15.1 Å². The van der Waals surface area contributed by atoms with Gasteiger partial charge in [-0.05, 0) is 13.0 Å². The first-order valence-electron chi connectivity index (χ1n) is 10.6. The summed E-state index contributed by atoms with van der Waals surface area (Å²) in [6, 6.07) is 3.66. The molecule has 11 heteroatoms. The van der Waals surface area contributed by atoms with Gasteiger partial charge in [-0.2, -0.15) is 5.10 Å². The molecule has 0 saturated carbocycles. The van der Waals surface area contributed by atoms with E-state index in [0.29, 0.717) is 48.3 Å². The molecule has 1 unspecified atom stereocenters. The van der Waals surface area contributed by atoms with Crippen molar-refractivity contribution in [2.75, 3.05) is 43.1 Å². The summed E-state index contributed by atoms with van der Waals surface area (Å²) >= 11 is 0. The number of likely N-dealkylation sites (tertiary alicyclic amines) is 1. The molecule has 0 aromatic carbocycles. The van der Waals surface area contributed by atoms with Gasteiger partial charge in [-0.15, -0.1) is 0 Å². The Morgan fingerprint density at radius 3 is 3.03 bits per heavy atom. The zero-order chi connectivity index (χ0) is 23.4. The summed E-state index contributed by atoms with van der Waals surface area (Å²) in [5, 5.41) is 27.4. The van der Waals surface area contributed by atoms with Gasteiger partial charge in [0.25, 0.3) is 0 Å². The van der Waals surface area contributed by atoms with E-state index in [9.17, 15) is 14.7 Å². The fourth-order valence-electron chi connectivity index (χ4n) is 3.74. The highest BCUT2D eigenvalue weighted by Gasteiger charge is 2.31. The van der Waals surface area contributed by atoms with Crippen LogP contribution in [0.25, 0.3) is 0 Å². The minimum absolute atomic E-state index is 0.00231. The normalized spacial score (nSPS) is 20.4. The van der Waals surface area contributed by atoms with E-state index in [1.165, 1.54) is 11.1 Å². The number of hydrogen-bond acceptors (Lipinski definition) is 9. The Morgan fingerprint density at radius 1 is 1.52 bits per heavy atom. The van der Waals surface area contributed by atoms with Crippen LogP contribution in [0.4, 0.5) is 17.5 Å². The second-order valence-electron chi connectivity index (χ2n) is 7.88. The molecule has 2 aromatic rings. The molecule has 4 heterocycles. The van der Waals surface area contributed by atoms with Crippen molar-refractivity contribution < 1.29 is 19.4 Å². The zero-order valence-corrected chi connectivity index (χ0v) is 18.2. The molecule has 2 atom stereocenters. The number of Topliss-reactive ketones (excluding diaryl/α,β-unsaturated/α-hetero) is 1. The Kier molecular flexibility index (Phi) is 6.67. The Morgan fingerprint density at radius 2 is 2.36 bits per heavy atom. The third kappa shape index (κ3) is 5.02. The van der Waals surface area contributed by atoms with Gasteiger partial charge < -0.3 is 30.4 Å². The number of aromatic nitrogens is 3. The van der Waals surface area contributed by atoms with Crippen LogP contribution >= 0.6 is 0 Å². The van der Waals surface area contributed by atoms with Crippen LogP contribution in [0.2, 0.25) is 0 Å². The van der Waals surface area contributed by atoms with Crippen LogP contribution in [-0.4, -0.2) is 88.1 Å². The topological polar surface area (TPSA) is 148 Å². The molecule has 0 spiro atoms. The number of ketones is 1. The average Bonchev–Trinajstić information content (AvgIpc) is 3.43. The zero-order valence-electron chi connectivity index (χ0n) is 18.2. The highest BCUT2D eigenvalue weighted by atomic mass is 16.5. The molecule has 0 radical (unpaired) electrons. The number of carbonyl (C=O) groups is 2. The van der Waals surface area contributed by atoms with E-state index in [1.54, 1.807) is 18.3 Å². The summed E-state index contributed by atoms with van der Waals surface area (Å²) in [6.07, 6.45) is 1.54. The lowest BCUT2D eigenvalue weighted by atomic mass is 10.1. The molecule has 2 aromatic heterocycles. The van der Waals surface area contributed by atoms with Crippen LogP contribution in [0.3, 0.4) is 0 Å². The summed E-state index contributed by atoms with van der Waals surface area (Å²) in [6.45, 7) is 3.77. The molecule has 2 aliphatic heterocycles. The third-order valence-corrected chi connectivity index (χ3v) is 5.53. The number of hydrogen-bond donors (Lipinski definition) is 4. The molecule has 4 rings (SSSR count). The quantitative estimate of drug-likeness (QED) is 0.374. The summed E-state index contributed by atoms with van der Waals surface area (Å²) < 4.78 is 5.53. The smallest absolute Gasteiger partial charge is 0.235 e. The van der Waals surface area contributed by atoms with Crippen molar-refractivity contribution in [2.45, 2.75) is 25.5 Å². The number of aliphatic hydroxyl groups is 1. The van der Waals surface area contributed by atoms with Gasteiger partial charge in [-0.3, -0.25) is 14.7 Å². The van der Waals surface area contributed by atoms with Crippen LogP contribution in [0.15, 0.2) is 18.3 Å². The van der Waals surface area contributed by atoms with E-state index in [1.807, 2.05) is 6.92 Å². The lowest BCUT2D eigenvalue weighted by molar-refractivity contribution is -0.130. The fraction of sp³-hybridized carbons (Fsp3) is 0.409. The summed E-state index contributed by atoms with van der Waals surface area (Å²) in [5.74, 6) is 6.90. The third-order valence-electron chi connectivity index (χ3n) is 5.53. The number of rotatable bonds is 5. The molecule has 172 valence electrons. The van der Waals surface area contributed by atoms with Crippen LogP contribution in [0.5, 0.6) is 0 Å². The monoisotopic (exact) mass is 451 g/mol. The highest BCUT2D eigenvalue weighted by Crippen LogP contribution is 2.26. The van der Waals surface area contributed by atoms with Crippen LogP contribution in [0.1, 0.15) is 24.5 Å². The van der Waals surface area contributed by atoms with Crippen LogP contribution in [-0.2, 0) is 14.3 Å². The van der Waals surface area contributed by atoms with Crippen LogP contribution < -0.4 is 10.2 Å². The SMILES string of the molecule is C[C@@H]1COCCN1c1cc(C#CCC(=O)N2CC(=O)C(O)C2)c(C=N)c(Nc2ccn[nH]2)n1. The second kappa shape index (κ2) is 9.81. The molecule has 1 amide bonds. The first-order chi connectivity index (χ1) is 16.0. The molecule has 2 aliphatic rings. The van der Waals surface area contributed by atoms with Gasteiger partial charge in [0.1, 0.15) is 23.6 Å². The van der Waals surface area contributed by atoms with Crippen molar-refractivity contribution in [1.82, 2.24) is 20.1 Å². The van der Waals surface area contributed by atoms with Crippen LogP contribution in [0, 0.1) is 17.3 Å². The van der Waals surface area contributed by atoms with E-state index in [-0.39, 0.29) is 37.2 Å². The molecule has 33 heavy (non-hydrogen) atoms. The van der Waals surface area contributed by atoms with Gasteiger partial charge in [-0.1, -0.05) is 11.8 Å². The minimum atomic E-state index is -1.12. The van der Waals surface area contributed by atoms with Crippen molar-refractivity contribution in [1.29, 1.82) is 5.41 Å². The largest absolute Gasteiger partial charge is 0.383 e. The molecular formula is C22H25N7O4. The Bertz CT molecular complexity index is 1110. The highest BCUT2D eigenvalue weighted by molar-refractivity contribution is 5.93. The summed E-state index contributed by atoms with van der Waals surface area (Å²) in [5.41, 5.74) is 1.02. The average molecular weight is 451 g/mol. The van der Waals surface area contributed by atoms with Gasteiger partial charge in [0.15, 0.2) is 5.78 Å². The maximum Gasteiger partial charge on any atom is 0.235 e. The second-order valence-corrected chi connectivity index (χ2v) is 7.88. The van der Waals surface area contributed by atoms with E-state index in [2.05, 4.69) is 32.3 Å². The number of carbonyl (C=O) groups excluding carboxylic acids is 2. The van der Waals surface area contributed by atoms with Crippen molar-refractivity contribution in [3.8, 4) is 11.8 Å². The molecule has 4 N–H and O–H groups in total. The first-order valence-corrected chi connectivity index (χ1v) is 10.6. The Hall–Kier alpha value is -3.75. The standard InChI is InChI=1S/C22H25N7O4/c1-14-13-33-8-7-29(14)20-9-15(3-2-4-21(32)28-11-17(30)18(31)12-28)16(10-23)22(26-20)25-19-5-6-24-27-19/h5-6,9-10,14,17,23,30H,4,7-8,11-13H2,1H3,(H2,24,25,26,27)/t14-,17?/m1/s1. The molecular weight excluding hydrogens is 426 g/mol. The van der Waals surface area contributed by atoms with Gasteiger partial charge in [0.05, 0.1) is 50.5 Å². The fourth-order valence-corrected chi connectivity index (χ4v) is 3.74. The van der Waals surface area contributed by atoms with Gasteiger partial charge in [0.2, 0.25) is 5.91 Å². The number of anilines is 3. The summed E-state index contributed by atoms with van der Waals surface area (Å²) in [7, 11) is 0. The Balaban J connectivity index is 1.63. The van der Waals surface area contributed by atoms with Gasteiger partial charge in [-0.25, -0.2) is 4.98 Å². The first kappa shape index (κ1) is 22.4. The number of ether oxygens (including phenoxy) is 1. The molecule has 0 bridgehead atoms. The number of morpholine rings is 1. The molecule has 2 saturated heterocycles. The molecule has 11 nitrogen and oxygen atoms in total. The maximum absolute atomic E-state index is 12.4. The number of amides is 1. The number of β-amino-alcohol motifs (C(OH)–C–C–N with tert-alkyl or cyclic N) is 1. The van der Waals surface area contributed by atoms with E-state index in [0.717, 1.165) is 0 Å². The van der Waals surface area contributed by atoms with Crippen molar-refractivity contribution in [3.63, 3.8) is 0 Å². The molecule has 2 fully saturated rings. The number of nitrogens with zero attached hydrogens (tertiary/aromatic N) is 4. The predicted octanol–water partition coefficient (Wildman–Crippen LogP) is 0.285. The minimum Gasteiger partial charge on any atom is -0.383 e. The van der Waals surface area contributed by atoms with Crippen molar-refractivity contribution in [3.05, 3.63) is 29.5 Å². The Labute approximate surface area is 190 Å². The number of H-pyrrole nitrogens is 1. The lowest BCUT2D eigenvalue weighted by Gasteiger charge is -2.34. The predicted molar refractivity (Wildman–Crippen MR) is 121 cm³/mol. The van der Waals surface area contributed by atoms with E-state index >= 15 is 0 Å². The van der Waals surface area contributed by atoms with Crippen molar-refractivity contribution in [2.24, 2.45) is 0 Å². The van der Waals surface area contributed by atoms with E-state index < -0.39 is 6.10 Å². The lowest BCUT2D eigenvalue weighted by Crippen LogP contribution is -2.44. The number of aliphatic hydroxyl groups excluding tert-OH is 1. The van der Waals surface area contributed by atoms with Crippen molar-refractivity contribution >= 4 is 35.4 Å². The number of aromatic amines is 1. The summed E-state index contributed by atoms with van der Waals surface area (Å²) in [4.78, 5) is 32.0. The maximum atomic E-state index is 12.4. The molecule has 0 aliphatic carbocycles.